The summed E-state index contributed by atoms with van der Waals surface area (Å²) in [5.74, 6) is -1.36. The van der Waals surface area contributed by atoms with E-state index < -0.39 is 17.2 Å². The lowest BCUT2D eigenvalue weighted by Crippen LogP contribution is -2.49. The van der Waals surface area contributed by atoms with E-state index >= 15 is 0 Å². The number of anilines is 1. The molecular formula is C17H21F2N3O2. The minimum Gasteiger partial charge on any atom is -0.387 e. The highest BCUT2D eigenvalue weighted by Gasteiger charge is 2.25. The summed E-state index contributed by atoms with van der Waals surface area (Å²) in [4.78, 5) is 6.09. The number of aliphatic hydroxyl groups is 1. The van der Waals surface area contributed by atoms with Crippen LogP contribution in [0.5, 0.6) is 0 Å². The smallest absolute Gasteiger partial charge is 0.152 e. The molecule has 1 unspecified atom stereocenters. The number of pyridine rings is 1. The second kappa shape index (κ2) is 6.96. The van der Waals surface area contributed by atoms with Crippen LogP contribution in [0.2, 0.25) is 0 Å². The Morgan fingerprint density at radius 3 is 2.83 bits per heavy atom. The minimum absolute atomic E-state index is 0.106. The maximum Gasteiger partial charge on any atom is 0.152 e. The number of fused-ring (bicyclic) bond motifs is 1. The normalized spacial score (nSPS) is 18.5. The molecule has 1 saturated heterocycles. The van der Waals surface area contributed by atoms with Crippen LogP contribution in [0.4, 0.5) is 14.5 Å². The van der Waals surface area contributed by atoms with E-state index in [1.165, 1.54) is 12.3 Å². The zero-order valence-electron chi connectivity index (χ0n) is 13.6. The van der Waals surface area contributed by atoms with Crippen molar-refractivity contribution in [2.75, 3.05) is 44.7 Å². The minimum atomic E-state index is -0.987. The van der Waals surface area contributed by atoms with E-state index in [2.05, 4.69) is 15.2 Å². The Labute approximate surface area is 139 Å². The van der Waals surface area contributed by atoms with Crippen molar-refractivity contribution in [2.45, 2.75) is 12.5 Å². The molecule has 1 aliphatic rings. The van der Waals surface area contributed by atoms with E-state index in [1.807, 2.05) is 0 Å². The van der Waals surface area contributed by atoms with Crippen molar-refractivity contribution in [3.63, 3.8) is 0 Å². The summed E-state index contributed by atoms with van der Waals surface area (Å²) < 4.78 is 32.6. The maximum atomic E-state index is 13.8. The van der Waals surface area contributed by atoms with Gasteiger partial charge in [-0.25, -0.2) is 8.78 Å². The van der Waals surface area contributed by atoms with Gasteiger partial charge in [-0.2, -0.15) is 0 Å². The number of rotatable bonds is 5. The van der Waals surface area contributed by atoms with Crippen molar-refractivity contribution in [2.24, 2.45) is 0 Å². The van der Waals surface area contributed by atoms with E-state index in [-0.39, 0.29) is 12.1 Å². The highest BCUT2D eigenvalue weighted by molar-refractivity contribution is 5.91. The molecule has 1 fully saturated rings. The number of ether oxygens (including phenoxy) is 1. The van der Waals surface area contributed by atoms with E-state index in [1.54, 1.807) is 13.0 Å². The van der Waals surface area contributed by atoms with Gasteiger partial charge < -0.3 is 15.2 Å². The summed E-state index contributed by atoms with van der Waals surface area (Å²) >= 11 is 0. The summed E-state index contributed by atoms with van der Waals surface area (Å²) in [5, 5.41) is 14.0. The van der Waals surface area contributed by atoms with E-state index in [9.17, 15) is 13.9 Å². The fourth-order valence-electron chi connectivity index (χ4n) is 2.92. The Morgan fingerprint density at radius 1 is 1.33 bits per heavy atom. The summed E-state index contributed by atoms with van der Waals surface area (Å²) in [5.41, 5.74) is -0.339. The lowest BCUT2D eigenvalue weighted by molar-refractivity contribution is -0.0163. The molecule has 0 amide bonds. The second-order valence-corrected chi connectivity index (χ2v) is 6.38. The highest BCUT2D eigenvalue weighted by Crippen LogP contribution is 2.25. The Kier molecular flexibility index (Phi) is 4.93. The van der Waals surface area contributed by atoms with Crippen LogP contribution in [0.3, 0.4) is 0 Å². The predicted molar refractivity (Wildman–Crippen MR) is 88.0 cm³/mol. The number of nitrogens with zero attached hydrogens (tertiary/aromatic N) is 2. The van der Waals surface area contributed by atoms with Gasteiger partial charge >= 0.3 is 0 Å². The first-order valence-electron chi connectivity index (χ1n) is 7.95. The van der Waals surface area contributed by atoms with Gasteiger partial charge in [0.2, 0.25) is 0 Å². The molecule has 0 radical (unpaired) electrons. The third-order valence-corrected chi connectivity index (χ3v) is 4.09. The van der Waals surface area contributed by atoms with Crippen molar-refractivity contribution in [3.05, 3.63) is 36.0 Å². The van der Waals surface area contributed by atoms with Gasteiger partial charge in [0.15, 0.2) is 5.82 Å². The fourth-order valence-corrected chi connectivity index (χ4v) is 2.92. The molecule has 24 heavy (non-hydrogen) atoms. The number of benzene rings is 1. The first-order valence-corrected chi connectivity index (χ1v) is 7.95. The Bertz CT molecular complexity index is 718. The number of β-amino-alcohol motifs (C(OH)–C–C–N with tert-alkyl or cyclic N) is 1. The molecule has 1 aliphatic heterocycles. The Morgan fingerprint density at radius 2 is 2.08 bits per heavy atom. The zero-order valence-corrected chi connectivity index (χ0v) is 13.6. The molecule has 1 aromatic heterocycles. The number of morpholine rings is 1. The van der Waals surface area contributed by atoms with Gasteiger partial charge in [-0.3, -0.25) is 9.88 Å². The molecule has 1 atom stereocenters. The molecular weight excluding hydrogens is 316 g/mol. The Hall–Kier alpha value is -1.83. The van der Waals surface area contributed by atoms with E-state index in [0.717, 1.165) is 19.2 Å². The molecule has 5 nitrogen and oxygen atoms in total. The summed E-state index contributed by atoms with van der Waals surface area (Å²) in [6, 6.07) is 3.70. The van der Waals surface area contributed by atoms with Gasteiger partial charge in [0.1, 0.15) is 11.3 Å². The Balaban J connectivity index is 1.72. The largest absolute Gasteiger partial charge is 0.387 e. The van der Waals surface area contributed by atoms with E-state index in [4.69, 9.17) is 4.74 Å². The molecule has 0 saturated carbocycles. The topological polar surface area (TPSA) is 57.6 Å². The molecule has 2 heterocycles. The molecule has 7 heteroatoms. The molecule has 130 valence electrons. The first kappa shape index (κ1) is 17.0. The molecule has 3 rings (SSSR count). The van der Waals surface area contributed by atoms with Gasteiger partial charge in [-0.15, -0.1) is 0 Å². The van der Waals surface area contributed by atoms with Gasteiger partial charge in [-0.05, 0) is 19.1 Å². The molecule has 0 bridgehead atoms. The van der Waals surface area contributed by atoms with Crippen LogP contribution in [0, 0.1) is 11.6 Å². The number of halogens is 2. The summed E-state index contributed by atoms with van der Waals surface area (Å²) in [6.07, 6.45) is 1.46. The van der Waals surface area contributed by atoms with Crippen molar-refractivity contribution < 1.29 is 18.6 Å². The SMILES string of the molecule is CC(O)(CNc1ccnc2c(F)cc(F)cc12)CN1CCOCC1. The van der Waals surface area contributed by atoms with Crippen molar-refractivity contribution >= 4 is 16.6 Å². The number of aromatic nitrogens is 1. The third-order valence-electron chi connectivity index (χ3n) is 4.09. The fraction of sp³-hybridized carbons (Fsp3) is 0.471. The van der Waals surface area contributed by atoms with Crippen molar-refractivity contribution in [3.8, 4) is 0 Å². The number of hydrogen-bond acceptors (Lipinski definition) is 5. The molecule has 2 N–H and O–H groups in total. The summed E-state index contributed by atoms with van der Waals surface area (Å²) in [6.45, 7) is 5.38. The van der Waals surface area contributed by atoms with Crippen molar-refractivity contribution in [1.82, 2.24) is 9.88 Å². The van der Waals surface area contributed by atoms with Gasteiger partial charge in [-0.1, -0.05) is 0 Å². The van der Waals surface area contributed by atoms with Crippen LogP contribution < -0.4 is 5.32 Å². The molecule has 1 aromatic carbocycles. The van der Waals surface area contributed by atoms with Crippen LogP contribution in [0.15, 0.2) is 24.4 Å². The lowest BCUT2D eigenvalue weighted by Gasteiger charge is -2.34. The molecule has 2 aromatic rings. The predicted octanol–water partition coefficient (Wildman–Crippen LogP) is 2.01. The van der Waals surface area contributed by atoms with Gasteiger partial charge in [0, 0.05) is 49.5 Å². The van der Waals surface area contributed by atoms with Crippen LogP contribution in [0.25, 0.3) is 10.9 Å². The van der Waals surface area contributed by atoms with Gasteiger partial charge in [0.25, 0.3) is 0 Å². The van der Waals surface area contributed by atoms with Crippen LogP contribution in [-0.2, 0) is 4.74 Å². The van der Waals surface area contributed by atoms with Crippen LogP contribution >= 0.6 is 0 Å². The van der Waals surface area contributed by atoms with Crippen LogP contribution in [0.1, 0.15) is 6.92 Å². The van der Waals surface area contributed by atoms with Crippen molar-refractivity contribution in [1.29, 1.82) is 0 Å². The standard InChI is InChI=1S/C17H21F2N3O2/c1-17(23,11-22-4-6-24-7-5-22)10-21-15-2-3-20-16-13(15)8-12(18)9-14(16)19/h2-3,8-9,23H,4-7,10-11H2,1H3,(H,20,21). The van der Waals surface area contributed by atoms with E-state index in [0.29, 0.717) is 30.8 Å². The third kappa shape index (κ3) is 3.98. The molecule has 0 aliphatic carbocycles. The first-order chi connectivity index (χ1) is 11.4. The number of nitrogens with one attached hydrogen (secondary N) is 1. The average molecular weight is 337 g/mol. The lowest BCUT2D eigenvalue weighted by atomic mass is 10.1. The quantitative estimate of drug-likeness (QED) is 0.874. The second-order valence-electron chi connectivity index (χ2n) is 6.38. The highest BCUT2D eigenvalue weighted by atomic mass is 19.1. The average Bonchev–Trinajstić information content (AvgIpc) is 2.53. The van der Waals surface area contributed by atoms with Crippen LogP contribution in [-0.4, -0.2) is 60.0 Å². The van der Waals surface area contributed by atoms with Gasteiger partial charge in [0.05, 0.1) is 18.8 Å². The molecule has 0 spiro atoms. The monoisotopic (exact) mass is 337 g/mol. The number of hydrogen-bond donors (Lipinski definition) is 2. The maximum absolute atomic E-state index is 13.8. The summed E-state index contributed by atoms with van der Waals surface area (Å²) in [7, 11) is 0. The zero-order chi connectivity index (χ0) is 17.2.